The van der Waals surface area contributed by atoms with Crippen molar-refractivity contribution in [2.75, 3.05) is 0 Å². The minimum Gasteiger partial charge on any atom is -0.457 e. The number of ether oxygens (including phenoxy) is 1. The molecule has 214 valence electrons. The first-order valence-corrected chi connectivity index (χ1v) is 15.8. The molecule has 1 aliphatic heterocycles. The van der Waals surface area contributed by atoms with Crippen molar-refractivity contribution in [3.8, 4) is 33.8 Å². The molecule has 1 aliphatic carbocycles. The van der Waals surface area contributed by atoms with E-state index in [4.69, 9.17) is 4.74 Å². The van der Waals surface area contributed by atoms with E-state index in [1.54, 1.807) is 0 Å². The summed E-state index contributed by atoms with van der Waals surface area (Å²) in [7, 11) is 0. The van der Waals surface area contributed by atoms with Gasteiger partial charge in [0.15, 0.2) is 0 Å². The molecule has 7 aromatic carbocycles. The minimum atomic E-state index is -0.459. The summed E-state index contributed by atoms with van der Waals surface area (Å²) in [6.07, 6.45) is 0. The predicted octanol–water partition coefficient (Wildman–Crippen LogP) is 11.3. The van der Waals surface area contributed by atoms with Crippen molar-refractivity contribution in [1.82, 2.24) is 0 Å². The first-order valence-electron chi connectivity index (χ1n) is 15.8. The molecule has 0 fully saturated rings. The van der Waals surface area contributed by atoms with E-state index in [0.29, 0.717) is 0 Å². The van der Waals surface area contributed by atoms with Crippen LogP contribution in [0.4, 0.5) is 0 Å². The molecule has 1 heterocycles. The minimum absolute atomic E-state index is 0.140. The van der Waals surface area contributed by atoms with Crippen LogP contribution in [-0.2, 0) is 10.8 Å². The maximum atomic E-state index is 6.55. The van der Waals surface area contributed by atoms with Gasteiger partial charge in [-0.3, -0.25) is 0 Å². The van der Waals surface area contributed by atoms with E-state index in [-0.39, 0.29) is 5.41 Å². The van der Waals surface area contributed by atoms with Gasteiger partial charge in [-0.1, -0.05) is 153 Å². The number of rotatable bonds is 3. The Bertz CT molecular complexity index is 2220. The fourth-order valence-corrected chi connectivity index (χ4v) is 8.07. The Morgan fingerprint density at radius 1 is 0.444 bits per heavy atom. The van der Waals surface area contributed by atoms with Gasteiger partial charge in [-0.2, -0.15) is 0 Å². The second-order valence-electron chi connectivity index (χ2n) is 12.9. The highest BCUT2D eigenvalue weighted by atomic mass is 16.5. The Morgan fingerprint density at radius 3 is 1.82 bits per heavy atom. The number of hydrogen-bond acceptors (Lipinski definition) is 1. The number of benzene rings is 7. The summed E-state index contributed by atoms with van der Waals surface area (Å²) in [6.45, 7) is 4.58. The summed E-state index contributed by atoms with van der Waals surface area (Å²) in [5.74, 6) is 1.87. The van der Waals surface area contributed by atoms with Crippen LogP contribution in [0.3, 0.4) is 0 Å². The van der Waals surface area contributed by atoms with Crippen LogP contribution in [0.2, 0.25) is 0 Å². The summed E-state index contributed by atoms with van der Waals surface area (Å²) in [5.41, 5.74) is 12.0. The van der Waals surface area contributed by atoms with Crippen molar-refractivity contribution in [2.24, 2.45) is 0 Å². The van der Waals surface area contributed by atoms with E-state index in [1.165, 1.54) is 60.8 Å². The third-order valence-electron chi connectivity index (χ3n) is 10.2. The summed E-state index contributed by atoms with van der Waals surface area (Å²) in [5, 5.41) is 2.55. The lowest BCUT2D eigenvalue weighted by Gasteiger charge is -2.35. The van der Waals surface area contributed by atoms with Crippen LogP contribution in [0.25, 0.3) is 33.0 Å². The van der Waals surface area contributed by atoms with Gasteiger partial charge in [-0.25, -0.2) is 0 Å². The van der Waals surface area contributed by atoms with Crippen molar-refractivity contribution in [2.45, 2.75) is 24.7 Å². The van der Waals surface area contributed by atoms with Gasteiger partial charge in [0, 0.05) is 16.5 Å². The average molecular weight is 577 g/mol. The zero-order valence-electron chi connectivity index (χ0n) is 25.4. The van der Waals surface area contributed by atoms with Crippen LogP contribution < -0.4 is 4.74 Å². The average Bonchev–Trinajstić information content (AvgIpc) is 3.40. The molecule has 0 aromatic heterocycles. The lowest BCUT2D eigenvalue weighted by Crippen LogP contribution is -2.28. The van der Waals surface area contributed by atoms with Gasteiger partial charge in [0.05, 0.1) is 5.41 Å². The maximum Gasteiger partial charge on any atom is 0.132 e. The first kappa shape index (κ1) is 26.0. The van der Waals surface area contributed by atoms with Gasteiger partial charge < -0.3 is 4.74 Å². The Hall–Kier alpha value is -5.40. The van der Waals surface area contributed by atoms with Crippen LogP contribution in [0.15, 0.2) is 158 Å². The molecule has 0 atom stereocenters. The number of hydrogen-bond donors (Lipinski definition) is 0. The highest BCUT2D eigenvalue weighted by Crippen LogP contribution is 2.58. The molecule has 45 heavy (non-hydrogen) atoms. The smallest absolute Gasteiger partial charge is 0.132 e. The van der Waals surface area contributed by atoms with Crippen LogP contribution in [0.1, 0.15) is 47.2 Å². The predicted molar refractivity (Wildman–Crippen MR) is 185 cm³/mol. The van der Waals surface area contributed by atoms with E-state index in [0.717, 1.165) is 17.1 Å². The quantitative estimate of drug-likeness (QED) is 0.203. The molecular formula is C44H32O. The van der Waals surface area contributed by atoms with Gasteiger partial charge in [0.2, 0.25) is 0 Å². The van der Waals surface area contributed by atoms with Crippen molar-refractivity contribution in [1.29, 1.82) is 0 Å². The van der Waals surface area contributed by atoms with Crippen LogP contribution in [0.5, 0.6) is 11.5 Å². The van der Waals surface area contributed by atoms with E-state index in [2.05, 4.69) is 172 Å². The Balaban J connectivity index is 1.31. The lowest BCUT2D eigenvalue weighted by molar-refractivity contribution is 0.418. The summed E-state index contributed by atoms with van der Waals surface area (Å²) >= 11 is 0. The zero-order chi connectivity index (χ0) is 30.2. The summed E-state index contributed by atoms with van der Waals surface area (Å²) in [4.78, 5) is 0. The van der Waals surface area contributed by atoms with Crippen molar-refractivity contribution >= 4 is 10.8 Å². The molecule has 0 N–H and O–H groups in total. The molecule has 2 aliphatic rings. The normalized spacial score (nSPS) is 15.0. The Morgan fingerprint density at radius 2 is 1.04 bits per heavy atom. The van der Waals surface area contributed by atoms with E-state index in [1.807, 2.05) is 0 Å². The molecule has 1 heteroatoms. The van der Waals surface area contributed by atoms with Gasteiger partial charge >= 0.3 is 0 Å². The molecule has 0 saturated carbocycles. The highest BCUT2D eigenvalue weighted by molar-refractivity contribution is 6.04. The van der Waals surface area contributed by atoms with Crippen molar-refractivity contribution in [3.63, 3.8) is 0 Å². The standard InChI is InChI=1S/C44H32O/c1-43(2)36-19-11-12-20-40(36)45-41-28-31(23-25-37(41)43)30-21-24-35-39(27-30)44(32-14-5-3-6-15-32,33-16-7-4-8-17-33)38-26-22-29-13-9-10-18-34(29)42(35)38/h3-28H,1-2H3. The summed E-state index contributed by atoms with van der Waals surface area (Å²) in [6, 6.07) is 57.8. The second kappa shape index (κ2) is 9.55. The zero-order valence-corrected chi connectivity index (χ0v) is 25.4. The molecule has 7 aromatic rings. The lowest BCUT2D eigenvalue weighted by atomic mass is 9.67. The molecule has 0 unspecified atom stereocenters. The van der Waals surface area contributed by atoms with E-state index < -0.39 is 5.41 Å². The SMILES string of the molecule is CC1(C)c2ccccc2Oc2cc(-c3ccc4c(c3)C(c3ccccc3)(c3ccccc3)c3ccc5ccccc5c3-4)ccc21. The molecule has 0 radical (unpaired) electrons. The number of fused-ring (bicyclic) bond motifs is 7. The van der Waals surface area contributed by atoms with Gasteiger partial charge in [-0.15, -0.1) is 0 Å². The second-order valence-corrected chi connectivity index (χ2v) is 12.9. The number of para-hydroxylation sites is 1. The van der Waals surface area contributed by atoms with E-state index >= 15 is 0 Å². The van der Waals surface area contributed by atoms with Crippen LogP contribution in [-0.4, -0.2) is 0 Å². The van der Waals surface area contributed by atoms with Crippen molar-refractivity contribution < 1.29 is 4.74 Å². The first-order chi connectivity index (χ1) is 22.1. The summed E-state index contributed by atoms with van der Waals surface area (Å²) < 4.78 is 6.55. The molecule has 0 saturated heterocycles. The van der Waals surface area contributed by atoms with Gasteiger partial charge in [0.1, 0.15) is 11.5 Å². The molecule has 1 nitrogen and oxygen atoms in total. The molecule has 0 spiro atoms. The van der Waals surface area contributed by atoms with Crippen molar-refractivity contribution in [3.05, 3.63) is 191 Å². The van der Waals surface area contributed by atoms with E-state index in [9.17, 15) is 0 Å². The third kappa shape index (κ3) is 3.61. The molecule has 9 rings (SSSR count). The maximum absolute atomic E-state index is 6.55. The molecule has 0 bridgehead atoms. The fourth-order valence-electron chi connectivity index (χ4n) is 8.07. The Kier molecular flexibility index (Phi) is 5.53. The largest absolute Gasteiger partial charge is 0.457 e. The Labute approximate surface area is 264 Å². The van der Waals surface area contributed by atoms with Crippen LogP contribution >= 0.6 is 0 Å². The molecular weight excluding hydrogens is 544 g/mol. The van der Waals surface area contributed by atoms with Crippen LogP contribution in [0, 0.1) is 0 Å². The fraction of sp³-hybridized carbons (Fsp3) is 0.0909. The molecule has 0 amide bonds. The monoisotopic (exact) mass is 576 g/mol. The highest BCUT2D eigenvalue weighted by Gasteiger charge is 2.47. The van der Waals surface area contributed by atoms with Gasteiger partial charge in [-0.05, 0) is 73.5 Å². The third-order valence-corrected chi connectivity index (χ3v) is 10.2. The topological polar surface area (TPSA) is 9.23 Å². The van der Waals surface area contributed by atoms with Gasteiger partial charge in [0.25, 0.3) is 0 Å².